The molecule has 0 saturated carbocycles. The van der Waals surface area contributed by atoms with E-state index in [2.05, 4.69) is 13.6 Å². The van der Waals surface area contributed by atoms with Gasteiger partial charge in [0.25, 0.3) is 0 Å². The molecule has 4 heteroatoms. The second-order valence-electron chi connectivity index (χ2n) is 0.781. The van der Waals surface area contributed by atoms with Crippen LogP contribution in [0.5, 0.6) is 0 Å². The molecule has 0 N–H and O–H groups in total. The normalized spacial score (nSPS) is 4.33. The summed E-state index contributed by atoms with van der Waals surface area (Å²) in [7, 11) is 0. The van der Waals surface area contributed by atoms with Crippen molar-refractivity contribution >= 4 is 4.72 Å². The maximum absolute atomic E-state index is 2.45. The van der Waals surface area contributed by atoms with E-state index in [4.69, 9.17) is 0 Å². The van der Waals surface area contributed by atoms with Gasteiger partial charge >= 0.3 is 87.4 Å². The first-order valence-electron chi connectivity index (χ1n) is 1.99. The van der Waals surface area contributed by atoms with Crippen LogP contribution >= 0.6 is 4.72 Å². The van der Waals surface area contributed by atoms with Crippen molar-refractivity contribution in [3.8, 4) is 0 Å². The smallest absolute Gasteiger partial charge is 2.00 e. The summed E-state index contributed by atoms with van der Waals surface area (Å²) in [4.78, 5) is 0. The topological polar surface area (TPSA) is 0 Å². The van der Waals surface area contributed by atoms with Crippen molar-refractivity contribution in [2.24, 2.45) is 0 Å². The zero-order chi connectivity index (χ0) is 4.12. The molecule has 0 bridgehead atoms. The van der Waals surface area contributed by atoms with E-state index in [1.165, 1.54) is 0 Å². The molecular weight excluding hydrogens is 658 g/mol. The predicted octanol–water partition coefficient (Wildman–Crippen LogP) is 1.81. The Morgan fingerprint density at radius 2 is 1.50 bits per heavy atom. The van der Waals surface area contributed by atoms with E-state index in [-0.39, 0.29) is 73.8 Å². The molecule has 0 radical (unpaired) electrons. The van der Waals surface area contributed by atoms with Crippen molar-refractivity contribution in [2.45, 2.75) is 8.86 Å². The molecule has 0 aromatic rings. The maximum atomic E-state index is 2.45. The van der Waals surface area contributed by atoms with Crippen LogP contribution in [0.4, 0.5) is 0 Å². The predicted molar refractivity (Wildman–Crippen MR) is 19.3 cm³/mol. The first-order chi connectivity index (χ1) is 2.41. The van der Waals surface area contributed by atoms with Crippen molar-refractivity contribution < 1.29 is 73.8 Å². The van der Waals surface area contributed by atoms with Gasteiger partial charge in [-0.3, -0.25) is 0 Å². The fourth-order valence-corrected chi connectivity index (χ4v) is 47.2. The van der Waals surface area contributed by atoms with E-state index in [1.807, 2.05) is 0 Å². The van der Waals surface area contributed by atoms with Crippen molar-refractivity contribution in [1.29, 1.82) is 0 Å². The van der Waals surface area contributed by atoms with E-state index in [1.54, 1.807) is 0 Å². The first-order valence-corrected chi connectivity index (χ1v) is 27.6. The van der Waals surface area contributed by atoms with Crippen LogP contribution in [0.15, 0.2) is 0 Å². The van der Waals surface area contributed by atoms with Crippen LogP contribution in [0, 0.1) is 0 Å². The van der Waals surface area contributed by atoms with Gasteiger partial charge < -0.3 is 0 Å². The third kappa shape index (κ3) is 10.2. The molecule has 0 nitrogen and oxygen atoms in total. The molecule has 0 fully saturated rings. The molecule has 0 spiro atoms. The van der Waals surface area contributed by atoms with Gasteiger partial charge in [-0.2, -0.15) is 0 Å². The van der Waals surface area contributed by atoms with Gasteiger partial charge in [0.15, 0.2) is 0 Å². The molecular formula is C2H6Hg3S+2. The van der Waals surface area contributed by atoms with Gasteiger partial charge in [-0.05, 0) is 0 Å². The molecule has 0 heterocycles. The van der Waals surface area contributed by atoms with E-state index in [9.17, 15) is 0 Å². The minimum absolute atomic E-state index is 0. The second-order valence-corrected chi connectivity index (χ2v) is 62.4. The average molecular weight is 664 g/mol. The molecule has 24 valence electrons. The molecule has 0 aromatic carbocycles. The number of hydrogen-bond donors (Lipinski definition) is 0. The van der Waals surface area contributed by atoms with Gasteiger partial charge in [0.05, 0.1) is 0 Å². The Hall–Kier alpha value is 3.16. The molecule has 0 aromatic heterocycles. The third-order valence-corrected chi connectivity index (χ3v) is 94.3. The van der Waals surface area contributed by atoms with Crippen molar-refractivity contribution in [2.75, 3.05) is 0 Å². The van der Waals surface area contributed by atoms with E-state index in [0.717, 1.165) is 0 Å². The Morgan fingerprint density at radius 3 is 1.50 bits per heavy atom. The van der Waals surface area contributed by atoms with Crippen molar-refractivity contribution in [3.05, 3.63) is 0 Å². The van der Waals surface area contributed by atoms with Gasteiger partial charge in [0.2, 0.25) is 0 Å². The summed E-state index contributed by atoms with van der Waals surface area (Å²) in [6.07, 6.45) is 0. The Balaban J connectivity index is 0. The SMILES string of the molecule is [CH3][Hg][S][Hg][CH3].[Hg+2]. The quantitative estimate of drug-likeness (QED) is 0.407. The van der Waals surface area contributed by atoms with Gasteiger partial charge in [0.1, 0.15) is 0 Å². The number of rotatable bonds is 2. The Morgan fingerprint density at radius 1 is 1.17 bits per heavy atom. The van der Waals surface area contributed by atoms with Crippen molar-refractivity contribution in [1.82, 2.24) is 0 Å². The molecule has 6 heavy (non-hydrogen) atoms. The van der Waals surface area contributed by atoms with Crippen LogP contribution in [-0.2, 0) is 73.8 Å². The molecule has 0 unspecified atom stereocenters. The van der Waals surface area contributed by atoms with Crippen LogP contribution in [0.25, 0.3) is 0 Å². The van der Waals surface area contributed by atoms with Crippen molar-refractivity contribution in [3.63, 3.8) is 0 Å². The zero-order valence-corrected chi connectivity index (χ0v) is 21.8. The third-order valence-electron chi connectivity index (χ3n) is 0.408. The van der Waals surface area contributed by atoms with Gasteiger partial charge in [0, 0.05) is 0 Å². The minimum Gasteiger partial charge on any atom is 2.00 e. The maximum Gasteiger partial charge on any atom is 2.00 e. The van der Waals surface area contributed by atoms with Crippen LogP contribution < -0.4 is 0 Å². The fraction of sp³-hybridized carbons (Fsp3) is 1.00. The summed E-state index contributed by atoms with van der Waals surface area (Å²) in [5.41, 5.74) is 0. The zero-order valence-electron chi connectivity index (χ0n) is 4.53. The summed E-state index contributed by atoms with van der Waals surface area (Å²) in [6, 6.07) is 0. The minimum atomic E-state index is -0.128. The van der Waals surface area contributed by atoms with E-state index < -0.39 is 0 Å². The average Bonchev–Trinajstić information content (AvgIpc) is 1.41. The first kappa shape index (κ1) is 11.9. The van der Waals surface area contributed by atoms with Crippen LogP contribution in [0.3, 0.4) is 0 Å². The summed E-state index contributed by atoms with van der Waals surface area (Å²) in [5, 5.41) is 0. The summed E-state index contributed by atoms with van der Waals surface area (Å²) < 4.78 is 7.31. The Kier molecular flexibility index (Phi) is 21.8. The summed E-state index contributed by atoms with van der Waals surface area (Å²) in [6.45, 7) is 0. The standard InChI is InChI=1S/2CH3.3Hg.S/h2*1H3;;;;/q;;;;+2;. The largest absolute Gasteiger partial charge is 2.00 e. The molecule has 0 atom stereocenters. The summed E-state index contributed by atoms with van der Waals surface area (Å²) >= 11 is -0.257. The van der Waals surface area contributed by atoms with E-state index >= 15 is 0 Å². The fourth-order valence-electron chi connectivity index (χ4n) is 0.204. The summed E-state index contributed by atoms with van der Waals surface area (Å²) in [5.74, 6) is 0. The number of hydrogen-bond acceptors (Lipinski definition) is 1. The molecule has 0 rings (SSSR count). The van der Waals surface area contributed by atoms with E-state index in [0.29, 0.717) is 0 Å². The Bertz CT molecular complexity index is 16.3. The Labute approximate surface area is 85.2 Å². The monoisotopic (exact) mass is 668 g/mol. The molecule has 0 saturated heterocycles. The molecule has 0 aliphatic rings. The van der Waals surface area contributed by atoms with Crippen LogP contribution in [0.2, 0.25) is 8.86 Å². The molecule has 0 amide bonds. The van der Waals surface area contributed by atoms with Crippen LogP contribution in [-0.4, -0.2) is 0 Å². The molecule has 0 aliphatic heterocycles. The van der Waals surface area contributed by atoms with Gasteiger partial charge in [-0.15, -0.1) is 0 Å². The second kappa shape index (κ2) is 11.0. The van der Waals surface area contributed by atoms with Gasteiger partial charge in [-0.1, -0.05) is 0 Å². The van der Waals surface area contributed by atoms with Crippen LogP contribution in [0.1, 0.15) is 0 Å². The van der Waals surface area contributed by atoms with Gasteiger partial charge in [-0.25, -0.2) is 0 Å². The molecule has 0 aliphatic carbocycles.